The van der Waals surface area contributed by atoms with Gasteiger partial charge in [0, 0.05) is 61.7 Å². The van der Waals surface area contributed by atoms with Crippen LogP contribution in [0.5, 0.6) is 0 Å². The van der Waals surface area contributed by atoms with E-state index in [-0.39, 0.29) is 36.9 Å². The Balaban J connectivity index is 1.25. The van der Waals surface area contributed by atoms with Crippen LogP contribution in [0.15, 0.2) is 64.3 Å². The van der Waals surface area contributed by atoms with Gasteiger partial charge in [-0.2, -0.15) is 0 Å². The van der Waals surface area contributed by atoms with Crippen molar-refractivity contribution in [2.24, 2.45) is 0 Å². The Morgan fingerprint density at radius 2 is 1.84 bits per heavy atom. The number of carboxylic acids is 1. The summed E-state index contributed by atoms with van der Waals surface area (Å²) in [5.41, 5.74) is 4.91. The summed E-state index contributed by atoms with van der Waals surface area (Å²) in [6, 6.07) is 10.1. The van der Waals surface area contributed by atoms with E-state index in [1.165, 1.54) is 0 Å². The fraction of sp³-hybridized carbons (Fsp3) is 0.290. The van der Waals surface area contributed by atoms with E-state index in [0.29, 0.717) is 48.6 Å². The van der Waals surface area contributed by atoms with Crippen LogP contribution in [0.3, 0.4) is 0 Å². The number of benzene rings is 1. The highest BCUT2D eigenvalue weighted by Crippen LogP contribution is 2.24. The molecule has 1 aliphatic heterocycles. The lowest BCUT2D eigenvalue weighted by molar-refractivity contribution is -0.137. The van der Waals surface area contributed by atoms with Crippen molar-refractivity contribution < 1.29 is 23.9 Å². The number of aryl methyl sites for hydroxylation is 2. The fourth-order valence-corrected chi connectivity index (χ4v) is 4.98. The highest BCUT2D eigenvalue weighted by molar-refractivity contribution is 5.94. The summed E-state index contributed by atoms with van der Waals surface area (Å²) in [5, 5.41) is 16.7. The molecule has 0 bridgehead atoms. The van der Waals surface area contributed by atoms with E-state index >= 15 is 0 Å². The number of urea groups is 1. The summed E-state index contributed by atoms with van der Waals surface area (Å²) in [7, 11) is 0. The Kier molecular flexibility index (Phi) is 9.03. The number of amides is 3. The summed E-state index contributed by atoms with van der Waals surface area (Å²) in [5.74, 6) is -0.309. The molecule has 0 saturated carbocycles. The van der Waals surface area contributed by atoms with Gasteiger partial charge in [-0.05, 0) is 67.8 Å². The smallest absolute Gasteiger partial charge is 0.321 e. The molecule has 1 aromatic carbocycles. The number of nitrogens with one attached hydrogen (secondary N) is 3. The number of fused-ring (bicyclic) bond motifs is 1. The number of furan rings is 1. The van der Waals surface area contributed by atoms with Gasteiger partial charge in [-0.3, -0.25) is 24.3 Å². The van der Waals surface area contributed by atoms with Crippen LogP contribution in [0.4, 0.5) is 16.4 Å². The van der Waals surface area contributed by atoms with Crippen LogP contribution in [-0.4, -0.2) is 50.6 Å². The summed E-state index contributed by atoms with van der Waals surface area (Å²) in [4.78, 5) is 59.8. The van der Waals surface area contributed by atoms with E-state index in [9.17, 15) is 19.2 Å². The van der Waals surface area contributed by atoms with Crippen molar-refractivity contribution in [2.45, 2.75) is 46.2 Å². The van der Waals surface area contributed by atoms with Crippen molar-refractivity contribution in [1.29, 1.82) is 0 Å². The van der Waals surface area contributed by atoms with Gasteiger partial charge in [0.05, 0.1) is 18.5 Å². The van der Waals surface area contributed by atoms with Crippen LogP contribution >= 0.6 is 0 Å². The Hall–Kier alpha value is -5.46. The van der Waals surface area contributed by atoms with Gasteiger partial charge in [0.15, 0.2) is 0 Å². The van der Waals surface area contributed by atoms with E-state index < -0.39 is 12.0 Å². The third kappa shape index (κ3) is 6.94. The molecule has 4 aromatic rings. The number of aliphatic carboxylic acids is 1. The first-order chi connectivity index (χ1) is 21.2. The predicted octanol–water partition coefficient (Wildman–Crippen LogP) is 3.32. The third-order valence-corrected chi connectivity index (χ3v) is 7.38. The van der Waals surface area contributed by atoms with Gasteiger partial charge in [-0.15, -0.1) is 0 Å². The molecular weight excluding hydrogens is 566 g/mol. The molecule has 13 nitrogen and oxygen atoms in total. The number of carbonyl (C=O) groups excluding carboxylic acids is 2. The molecular formula is C31H33N7O6. The number of pyridine rings is 1. The molecule has 0 radical (unpaired) electrons. The SMILES string of the molecule is Cc1ccoc1CNC(=O)c1ccc(-n2ccc(C)c(N3CCc4nc(NC(=O)NCCCC(=O)O)ncc4C3)c2=O)cc1. The van der Waals surface area contributed by atoms with Gasteiger partial charge in [-0.1, -0.05) is 0 Å². The van der Waals surface area contributed by atoms with Crippen LogP contribution in [0.1, 0.15) is 51.3 Å². The Morgan fingerprint density at radius 1 is 1.05 bits per heavy atom. The maximum absolute atomic E-state index is 13.7. The lowest BCUT2D eigenvalue weighted by Crippen LogP contribution is -2.37. The first kappa shape index (κ1) is 30.0. The largest absolute Gasteiger partial charge is 0.481 e. The molecule has 0 fully saturated rings. The first-order valence-corrected chi connectivity index (χ1v) is 14.2. The van der Waals surface area contributed by atoms with E-state index in [1.807, 2.05) is 30.9 Å². The molecule has 0 unspecified atom stereocenters. The molecule has 4 heterocycles. The summed E-state index contributed by atoms with van der Waals surface area (Å²) in [6.45, 7) is 5.27. The second-order valence-corrected chi connectivity index (χ2v) is 10.5. The molecule has 44 heavy (non-hydrogen) atoms. The Morgan fingerprint density at radius 3 is 2.57 bits per heavy atom. The van der Waals surface area contributed by atoms with Crippen LogP contribution in [0, 0.1) is 13.8 Å². The number of aromatic nitrogens is 3. The lowest BCUT2D eigenvalue weighted by atomic mass is 10.1. The predicted molar refractivity (Wildman–Crippen MR) is 162 cm³/mol. The Labute approximate surface area is 252 Å². The molecule has 0 aliphatic carbocycles. The Bertz CT molecular complexity index is 1750. The zero-order valence-corrected chi connectivity index (χ0v) is 24.4. The number of rotatable bonds is 10. The fourth-order valence-electron chi connectivity index (χ4n) is 4.98. The van der Waals surface area contributed by atoms with E-state index in [0.717, 1.165) is 22.4 Å². The zero-order valence-electron chi connectivity index (χ0n) is 24.4. The van der Waals surface area contributed by atoms with Crippen molar-refractivity contribution in [2.75, 3.05) is 23.3 Å². The molecule has 0 spiro atoms. The van der Waals surface area contributed by atoms with Crippen molar-refractivity contribution >= 4 is 29.5 Å². The van der Waals surface area contributed by atoms with Crippen LogP contribution in [-0.2, 0) is 24.3 Å². The second-order valence-electron chi connectivity index (χ2n) is 10.5. The average molecular weight is 600 g/mol. The van der Waals surface area contributed by atoms with E-state index in [1.54, 1.807) is 47.5 Å². The zero-order chi connectivity index (χ0) is 31.2. The topological polar surface area (TPSA) is 172 Å². The minimum absolute atomic E-state index is 0.0312. The van der Waals surface area contributed by atoms with Crippen molar-refractivity contribution in [3.63, 3.8) is 0 Å². The van der Waals surface area contributed by atoms with E-state index in [4.69, 9.17) is 9.52 Å². The van der Waals surface area contributed by atoms with Crippen molar-refractivity contribution in [3.05, 3.63) is 99.1 Å². The molecule has 1 aliphatic rings. The quantitative estimate of drug-likeness (QED) is 0.200. The molecule has 0 atom stereocenters. The number of hydrogen-bond donors (Lipinski definition) is 4. The molecule has 5 rings (SSSR count). The van der Waals surface area contributed by atoms with Crippen molar-refractivity contribution in [1.82, 2.24) is 25.2 Å². The molecule has 13 heteroatoms. The summed E-state index contributed by atoms with van der Waals surface area (Å²) < 4.78 is 6.94. The standard InChI is InChI=1S/C31H33N7O6/c1-19-11-15-44-25(19)17-33-28(41)21-5-7-23(8-6-21)38-14-9-20(2)27(29(38)42)37-13-10-24-22(18-37)16-34-30(35-24)36-31(43)32-12-3-4-26(39)40/h5-9,11,14-16H,3-4,10,12-13,17-18H2,1-2H3,(H,33,41)(H,39,40)(H2,32,34,35,36,43). The van der Waals surface area contributed by atoms with Gasteiger partial charge >= 0.3 is 12.0 Å². The van der Waals surface area contributed by atoms with Gasteiger partial charge in [0.1, 0.15) is 11.4 Å². The number of nitrogens with zero attached hydrogens (tertiary/aromatic N) is 4. The van der Waals surface area contributed by atoms with Gasteiger partial charge in [-0.25, -0.2) is 14.8 Å². The first-order valence-electron chi connectivity index (χ1n) is 14.2. The maximum Gasteiger partial charge on any atom is 0.321 e. The van der Waals surface area contributed by atoms with Gasteiger partial charge in [0.2, 0.25) is 5.95 Å². The maximum atomic E-state index is 13.7. The number of carboxylic acid groups (broad SMARTS) is 1. The highest BCUT2D eigenvalue weighted by atomic mass is 16.4. The average Bonchev–Trinajstić information content (AvgIpc) is 3.42. The molecule has 228 valence electrons. The van der Waals surface area contributed by atoms with Gasteiger partial charge < -0.3 is 25.1 Å². The molecule has 0 saturated heterocycles. The third-order valence-electron chi connectivity index (χ3n) is 7.38. The minimum Gasteiger partial charge on any atom is -0.481 e. The number of carbonyl (C=O) groups is 3. The normalized spacial score (nSPS) is 12.4. The minimum atomic E-state index is -0.920. The molecule has 4 N–H and O–H groups in total. The van der Waals surface area contributed by atoms with Crippen LogP contribution in [0.25, 0.3) is 5.69 Å². The van der Waals surface area contributed by atoms with Gasteiger partial charge in [0.25, 0.3) is 11.5 Å². The van der Waals surface area contributed by atoms with Crippen LogP contribution in [0.2, 0.25) is 0 Å². The number of hydrogen-bond acceptors (Lipinski definition) is 8. The van der Waals surface area contributed by atoms with Crippen LogP contribution < -0.4 is 26.4 Å². The summed E-state index contributed by atoms with van der Waals surface area (Å²) >= 11 is 0. The second kappa shape index (κ2) is 13.2. The lowest BCUT2D eigenvalue weighted by Gasteiger charge is -2.31. The molecule has 3 aromatic heterocycles. The van der Waals surface area contributed by atoms with Crippen molar-refractivity contribution in [3.8, 4) is 5.69 Å². The monoisotopic (exact) mass is 599 g/mol. The summed E-state index contributed by atoms with van der Waals surface area (Å²) in [6.07, 6.45) is 5.78. The highest BCUT2D eigenvalue weighted by Gasteiger charge is 2.23. The number of anilines is 2. The molecule has 3 amide bonds. The van der Waals surface area contributed by atoms with E-state index in [2.05, 4.69) is 25.9 Å².